The molecule has 0 bridgehead atoms. The lowest BCUT2D eigenvalue weighted by Crippen LogP contribution is -2.53. The van der Waals surface area contributed by atoms with Gasteiger partial charge < -0.3 is 15.0 Å². The highest BCUT2D eigenvalue weighted by atomic mass is 79.9. The van der Waals surface area contributed by atoms with Crippen molar-refractivity contribution in [2.24, 2.45) is 0 Å². The Bertz CT molecular complexity index is 1810. The lowest BCUT2D eigenvalue weighted by atomic mass is 9.91. The van der Waals surface area contributed by atoms with E-state index in [1.165, 1.54) is 30.9 Å². The summed E-state index contributed by atoms with van der Waals surface area (Å²) < 4.78 is 37.3. The summed E-state index contributed by atoms with van der Waals surface area (Å²) in [6, 6.07) is 11.7. The van der Waals surface area contributed by atoms with E-state index in [2.05, 4.69) is 31.1 Å². The molecule has 1 atom stereocenters. The summed E-state index contributed by atoms with van der Waals surface area (Å²) >= 11 is 16.0. The molecular weight excluding hydrogens is 749 g/mol. The largest absolute Gasteiger partial charge is 0.379 e. The van der Waals surface area contributed by atoms with Gasteiger partial charge in [0.2, 0.25) is 17.8 Å². The van der Waals surface area contributed by atoms with Crippen LogP contribution >= 0.6 is 39.1 Å². The van der Waals surface area contributed by atoms with Crippen LogP contribution in [0, 0.1) is 0 Å². The molecule has 4 heterocycles. The SMILES string of the molecule is C[C@@]1(c2ccc(Br)cc2)C(=O)N(c2cc(Cl)cc(Cl)c2)c2ncc(S(=O)(=O)N3CCN(C(=O)CNC(=O)CCN4CCOCC4)CC3)n21. The molecule has 0 aliphatic carbocycles. The normalized spacial score (nSPS) is 20.6. The third kappa shape index (κ3) is 6.73. The van der Waals surface area contributed by atoms with Crippen molar-refractivity contribution >= 4 is 78.5 Å². The number of aromatic nitrogens is 2. The highest BCUT2D eigenvalue weighted by Gasteiger charge is 2.53. The number of rotatable bonds is 9. The number of fused-ring (bicyclic) bond motifs is 1. The summed E-state index contributed by atoms with van der Waals surface area (Å²) in [5, 5.41) is 3.11. The van der Waals surface area contributed by atoms with Crippen LogP contribution in [0.25, 0.3) is 0 Å². The second-order valence-corrected chi connectivity index (χ2v) is 15.5. The third-order valence-electron chi connectivity index (χ3n) is 8.88. The van der Waals surface area contributed by atoms with Gasteiger partial charge in [0.25, 0.3) is 15.9 Å². The number of piperazine rings is 1. The number of amides is 3. The van der Waals surface area contributed by atoms with Crippen LogP contribution in [-0.2, 0) is 34.7 Å². The van der Waals surface area contributed by atoms with E-state index in [0.29, 0.717) is 41.1 Å². The number of nitrogens with zero attached hydrogens (tertiary/aromatic N) is 6. The summed E-state index contributed by atoms with van der Waals surface area (Å²) in [4.78, 5) is 49.0. The maximum Gasteiger partial charge on any atom is 0.264 e. The molecule has 1 N–H and O–H groups in total. The number of sulfonamides is 1. The quantitative estimate of drug-likeness (QED) is 0.350. The fourth-order valence-corrected chi connectivity index (χ4v) is 8.56. The first-order valence-electron chi connectivity index (χ1n) is 15.4. The van der Waals surface area contributed by atoms with Gasteiger partial charge in [0.1, 0.15) is 0 Å². The van der Waals surface area contributed by atoms with Crippen molar-refractivity contribution in [3.63, 3.8) is 0 Å². The lowest BCUT2D eigenvalue weighted by Gasteiger charge is -2.35. The van der Waals surface area contributed by atoms with Gasteiger partial charge >= 0.3 is 0 Å². The predicted molar refractivity (Wildman–Crippen MR) is 183 cm³/mol. The highest BCUT2D eigenvalue weighted by molar-refractivity contribution is 9.10. The molecule has 3 aliphatic heterocycles. The van der Waals surface area contributed by atoms with Gasteiger partial charge in [-0.05, 0) is 42.8 Å². The average molecular weight is 784 g/mol. The van der Waals surface area contributed by atoms with Crippen molar-refractivity contribution in [2.45, 2.75) is 23.9 Å². The van der Waals surface area contributed by atoms with E-state index in [4.69, 9.17) is 27.9 Å². The molecule has 0 spiro atoms. The van der Waals surface area contributed by atoms with Crippen LogP contribution in [0.2, 0.25) is 10.0 Å². The number of hydrogen-bond donors (Lipinski definition) is 1. The van der Waals surface area contributed by atoms with Gasteiger partial charge in [0.15, 0.2) is 10.6 Å². The highest BCUT2D eigenvalue weighted by Crippen LogP contribution is 2.46. The Morgan fingerprint density at radius 2 is 1.65 bits per heavy atom. The number of morpholine rings is 1. The summed E-state index contributed by atoms with van der Waals surface area (Å²) in [6.45, 7) is 5.24. The minimum absolute atomic E-state index is 0.0239. The molecule has 6 rings (SSSR count). The number of carbonyl (C=O) groups is 3. The number of anilines is 2. The Labute approximate surface area is 296 Å². The molecule has 0 radical (unpaired) electrons. The van der Waals surface area contributed by atoms with E-state index in [-0.39, 0.29) is 61.9 Å². The van der Waals surface area contributed by atoms with Gasteiger partial charge in [-0.25, -0.2) is 18.3 Å². The van der Waals surface area contributed by atoms with Crippen LogP contribution < -0.4 is 10.2 Å². The van der Waals surface area contributed by atoms with Crippen LogP contribution in [0.3, 0.4) is 0 Å². The molecule has 13 nitrogen and oxygen atoms in total. The second-order valence-electron chi connectivity index (χ2n) is 11.8. The monoisotopic (exact) mass is 781 g/mol. The molecule has 0 saturated carbocycles. The summed E-state index contributed by atoms with van der Waals surface area (Å²) in [5.74, 6) is -0.852. The van der Waals surface area contributed by atoms with Gasteiger partial charge in [-0.2, -0.15) is 4.31 Å². The number of hydrogen-bond acceptors (Lipinski definition) is 8. The average Bonchev–Trinajstić information content (AvgIpc) is 3.61. The first-order chi connectivity index (χ1) is 22.9. The van der Waals surface area contributed by atoms with Gasteiger partial charge in [0.05, 0.1) is 31.6 Å². The Balaban J connectivity index is 1.19. The first kappa shape index (κ1) is 34.8. The molecule has 3 amide bonds. The predicted octanol–water partition coefficient (Wildman–Crippen LogP) is 3.07. The number of ether oxygens (including phenoxy) is 1. The molecule has 2 saturated heterocycles. The third-order valence-corrected chi connectivity index (χ3v) is 11.7. The Kier molecular flexibility index (Phi) is 10.2. The topological polar surface area (TPSA) is 137 Å². The Morgan fingerprint density at radius 3 is 2.29 bits per heavy atom. The van der Waals surface area contributed by atoms with Crippen molar-refractivity contribution in [3.8, 4) is 0 Å². The molecule has 2 aromatic carbocycles. The summed E-state index contributed by atoms with van der Waals surface area (Å²) in [6.07, 6.45) is 1.52. The Morgan fingerprint density at radius 1 is 1.00 bits per heavy atom. The second kappa shape index (κ2) is 14.1. The maximum absolute atomic E-state index is 14.3. The summed E-state index contributed by atoms with van der Waals surface area (Å²) in [5.41, 5.74) is -0.611. The summed E-state index contributed by atoms with van der Waals surface area (Å²) in [7, 11) is -4.20. The van der Waals surface area contributed by atoms with Gasteiger partial charge in [-0.1, -0.05) is 51.3 Å². The van der Waals surface area contributed by atoms with Crippen molar-refractivity contribution in [1.29, 1.82) is 0 Å². The molecule has 3 aromatic rings. The minimum atomic E-state index is -4.20. The van der Waals surface area contributed by atoms with E-state index >= 15 is 0 Å². The number of benzene rings is 2. The smallest absolute Gasteiger partial charge is 0.264 e. The van der Waals surface area contributed by atoms with Gasteiger partial charge in [0, 0.05) is 66.8 Å². The zero-order valence-electron chi connectivity index (χ0n) is 26.1. The minimum Gasteiger partial charge on any atom is -0.379 e. The molecule has 2 fully saturated rings. The van der Waals surface area contributed by atoms with E-state index < -0.39 is 21.5 Å². The van der Waals surface area contributed by atoms with E-state index in [0.717, 1.165) is 17.6 Å². The number of nitrogens with one attached hydrogen (secondary N) is 1. The number of imidazole rings is 1. The molecule has 0 unspecified atom stereocenters. The molecule has 17 heteroatoms. The molecule has 48 heavy (non-hydrogen) atoms. The van der Waals surface area contributed by atoms with Crippen molar-refractivity contribution < 1.29 is 27.5 Å². The van der Waals surface area contributed by atoms with E-state index in [1.54, 1.807) is 43.3 Å². The first-order valence-corrected chi connectivity index (χ1v) is 18.4. The number of halogens is 3. The van der Waals surface area contributed by atoms with Crippen molar-refractivity contribution in [3.05, 3.63) is 68.7 Å². The van der Waals surface area contributed by atoms with Crippen molar-refractivity contribution in [2.75, 3.05) is 70.5 Å². The van der Waals surface area contributed by atoms with Crippen LogP contribution in [-0.4, -0.2) is 115 Å². The molecule has 1 aromatic heterocycles. The van der Waals surface area contributed by atoms with E-state index in [9.17, 15) is 22.8 Å². The number of carbonyl (C=O) groups excluding carboxylic acids is 3. The molecule has 3 aliphatic rings. The molecular formula is C31H34BrCl2N7O6S. The van der Waals surface area contributed by atoms with E-state index in [1.807, 2.05) is 0 Å². The standard InChI is InChI=1S/C31H34BrCl2N7O6S/c1-31(21-2-4-22(32)5-3-21)29(44)40(25-17-23(33)16-24(34)18-25)30-36-20-28(41(30)31)48(45,46)39-10-8-38(9-11-39)27(43)19-35-26(42)6-7-37-12-14-47-15-13-37/h2-5,16-18,20H,6-15,19H2,1H3,(H,35,42)/t31-/m1/s1. The van der Waals surface area contributed by atoms with Crippen LogP contribution in [0.15, 0.2) is 58.2 Å². The fourth-order valence-electron chi connectivity index (χ4n) is 6.19. The maximum atomic E-state index is 14.3. The van der Waals surface area contributed by atoms with Crippen LogP contribution in [0.1, 0.15) is 18.9 Å². The fraction of sp³-hybridized carbons (Fsp3) is 0.419. The van der Waals surface area contributed by atoms with Crippen molar-refractivity contribution in [1.82, 2.24) is 29.0 Å². The zero-order valence-corrected chi connectivity index (χ0v) is 30.0. The Hall–Kier alpha value is -3.05. The molecule has 256 valence electrons. The van der Waals surface area contributed by atoms with Gasteiger partial charge in [-0.15, -0.1) is 0 Å². The lowest BCUT2D eigenvalue weighted by molar-refractivity contribution is -0.134. The van der Waals surface area contributed by atoms with Crippen LogP contribution in [0.4, 0.5) is 11.6 Å². The van der Waals surface area contributed by atoms with Crippen LogP contribution in [0.5, 0.6) is 0 Å². The zero-order chi connectivity index (χ0) is 34.2. The van der Waals surface area contributed by atoms with Gasteiger partial charge in [-0.3, -0.25) is 23.9 Å².